The molecule has 2 N–H and O–H groups in total. The lowest BCUT2D eigenvalue weighted by molar-refractivity contribution is -0.274. The first-order chi connectivity index (χ1) is 7.46. The Bertz CT molecular complexity index is 283. The van der Waals surface area contributed by atoms with E-state index in [9.17, 15) is 35.9 Å². The molecule has 0 saturated carbocycles. The molecule has 0 spiro atoms. The molecule has 0 aliphatic rings. The summed E-state index contributed by atoms with van der Waals surface area (Å²) < 4.78 is 71.7. The monoisotopic (exact) mass is 267 g/mol. The van der Waals surface area contributed by atoms with Crippen LogP contribution >= 0.6 is 0 Å². The summed E-state index contributed by atoms with van der Waals surface area (Å²) in [5.74, 6) is -7.92. The highest BCUT2D eigenvalue weighted by atomic mass is 19.4. The fourth-order valence-corrected chi connectivity index (χ4v) is 0.878. The molecule has 4 nitrogen and oxygen atoms in total. The van der Waals surface area contributed by atoms with Gasteiger partial charge in [-0.15, -0.1) is 0 Å². The molecule has 0 atom stereocenters. The SMILES string of the molecule is O=C(O)CCNC(=O)C(C(F)(F)F)C(F)(F)F. The van der Waals surface area contributed by atoms with Crippen LogP contribution in [-0.4, -0.2) is 35.9 Å². The Kier molecular flexibility index (Phi) is 4.78. The van der Waals surface area contributed by atoms with E-state index in [0.717, 1.165) is 0 Å². The summed E-state index contributed by atoms with van der Waals surface area (Å²) in [6.07, 6.45) is -12.3. The van der Waals surface area contributed by atoms with Crippen molar-refractivity contribution in [3.05, 3.63) is 0 Å². The number of amides is 1. The van der Waals surface area contributed by atoms with Crippen LogP contribution in [0.25, 0.3) is 0 Å². The summed E-state index contributed by atoms with van der Waals surface area (Å²) >= 11 is 0. The second kappa shape index (κ2) is 5.23. The molecule has 0 unspecified atom stereocenters. The molecule has 0 aromatic heterocycles. The van der Waals surface area contributed by atoms with E-state index < -0.39 is 43.1 Å². The van der Waals surface area contributed by atoms with Crippen LogP contribution in [0.1, 0.15) is 6.42 Å². The molecule has 0 bridgehead atoms. The predicted molar refractivity (Wildman–Crippen MR) is 40.9 cm³/mol. The van der Waals surface area contributed by atoms with Crippen LogP contribution in [0.15, 0.2) is 0 Å². The van der Waals surface area contributed by atoms with Crippen molar-refractivity contribution in [1.29, 1.82) is 0 Å². The van der Waals surface area contributed by atoms with Crippen molar-refractivity contribution in [2.75, 3.05) is 6.54 Å². The van der Waals surface area contributed by atoms with E-state index >= 15 is 0 Å². The van der Waals surface area contributed by atoms with Gasteiger partial charge in [-0.25, -0.2) is 0 Å². The Hall–Kier alpha value is -1.48. The highest BCUT2D eigenvalue weighted by Gasteiger charge is 2.60. The topological polar surface area (TPSA) is 66.4 Å². The molecule has 0 aliphatic carbocycles. The van der Waals surface area contributed by atoms with E-state index in [4.69, 9.17) is 5.11 Å². The summed E-state index contributed by atoms with van der Waals surface area (Å²) in [5, 5.41) is 9.36. The van der Waals surface area contributed by atoms with Gasteiger partial charge in [-0.3, -0.25) is 9.59 Å². The molecule has 17 heavy (non-hydrogen) atoms. The van der Waals surface area contributed by atoms with Crippen molar-refractivity contribution in [3.8, 4) is 0 Å². The Morgan fingerprint density at radius 3 is 1.76 bits per heavy atom. The Labute approximate surface area is 90.6 Å². The second-order valence-corrected chi connectivity index (χ2v) is 2.95. The molecular formula is C7H7F6NO3. The first-order valence-corrected chi connectivity index (χ1v) is 4.09. The molecule has 0 heterocycles. The number of hydrogen-bond acceptors (Lipinski definition) is 2. The third kappa shape index (κ3) is 5.41. The molecule has 0 radical (unpaired) electrons. The lowest BCUT2D eigenvalue weighted by Crippen LogP contribution is -2.48. The van der Waals surface area contributed by atoms with Gasteiger partial charge in [0.1, 0.15) is 0 Å². The van der Waals surface area contributed by atoms with Crippen LogP contribution in [-0.2, 0) is 9.59 Å². The number of carboxylic acids is 1. The number of halogens is 6. The minimum absolute atomic E-state index is 0.770. The van der Waals surface area contributed by atoms with Crippen molar-refractivity contribution >= 4 is 11.9 Å². The molecule has 100 valence electrons. The fraction of sp³-hybridized carbons (Fsp3) is 0.714. The minimum Gasteiger partial charge on any atom is -0.481 e. The van der Waals surface area contributed by atoms with Crippen molar-refractivity contribution < 1.29 is 41.0 Å². The number of carbonyl (C=O) groups is 2. The summed E-state index contributed by atoms with van der Waals surface area (Å²) in [4.78, 5) is 20.6. The third-order valence-corrected chi connectivity index (χ3v) is 1.55. The molecule has 10 heteroatoms. The lowest BCUT2D eigenvalue weighted by Gasteiger charge is -2.21. The average molecular weight is 267 g/mol. The van der Waals surface area contributed by atoms with Crippen LogP contribution in [0.3, 0.4) is 0 Å². The smallest absolute Gasteiger partial charge is 0.409 e. The van der Waals surface area contributed by atoms with Gasteiger partial charge in [-0.2, -0.15) is 26.3 Å². The average Bonchev–Trinajstić information content (AvgIpc) is 1.96. The third-order valence-electron chi connectivity index (χ3n) is 1.55. The van der Waals surface area contributed by atoms with Gasteiger partial charge in [0.05, 0.1) is 6.42 Å². The van der Waals surface area contributed by atoms with Crippen LogP contribution < -0.4 is 5.32 Å². The van der Waals surface area contributed by atoms with E-state index in [-0.39, 0.29) is 0 Å². The Morgan fingerprint density at radius 2 is 1.47 bits per heavy atom. The van der Waals surface area contributed by atoms with Gasteiger partial charge >= 0.3 is 18.3 Å². The number of carboxylic acid groups (broad SMARTS) is 1. The van der Waals surface area contributed by atoms with E-state index in [1.165, 1.54) is 5.32 Å². The molecule has 0 aliphatic heterocycles. The van der Waals surface area contributed by atoms with Crippen molar-refractivity contribution in [1.82, 2.24) is 5.32 Å². The molecular weight excluding hydrogens is 260 g/mol. The zero-order valence-electron chi connectivity index (χ0n) is 8.02. The van der Waals surface area contributed by atoms with Gasteiger partial charge < -0.3 is 10.4 Å². The van der Waals surface area contributed by atoms with E-state index in [0.29, 0.717) is 0 Å². The minimum atomic E-state index is -5.77. The van der Waals surface area contributed by atoms with Gasteiger partial charge in [0.25, 0.3) is 0 Å². The summed E-state index contributed by atoms with van der Waals surface area (Å²) in [7, 11) is 0. The van der Waals surface area contributed by atoms with E-state index in [1.54, 1.807) is 0 Å². The normalized spacial score (nSPS) is 12.6. The quantitative estimate of drug-likeness (QED) is 0.755. The van der Waals surface area contributed by atoms with Crippen LogP contribution in [0.4, 0.5) is 26.3 Å². The zero-order valence-corrected chi connectivity index (χ0v) is 8.02. The van der Waals surface area contributed by atoms with E-state index in [1.807, 2.05) is 0 Å². The molecule has 0 aromatic rings. The second-order valence-electron chi connectivity index (χ2n) is 2.95. The number of carbonyl (C=O) groups excluding carboxylic acids is 1. The standard InChI is InChI=1S/C7H7F6NO3/c8-6(9,10)4(7(11,12)13)5(17)14-2-1-3(15)16/h4H,1-2H2,(H,14,17)(H,15,16). The van der Waals surface area contributed by atoms with Gasteiger partial charge in [-0.1, -0.05) is 0 Å². The van der Waals surface area contributed by atoms with Gasteiger partial charge in [0.2, 0.25) is 11.8 Å². The van der Waals surface area contributed by atoms with Crippen LogP contribution in [0.5, 0.6) is 0 Å². The van der Waals surface area contributed by atoms with Crippen LogP contribution in [0, 0.1) is 5.92 Å². The number of hydrogen-bond donors (Lipinski definition) is 2. The van der Waals surface area contributed by atoms with Gasteiger partial charge in [0, 0.05) is 6.54 Å². The first-order valence-electron chi connectivity index (χ1n) is 4.09. The summed E-state index contributed by atoms with van der Waals surface area (Å²) in [6, 6.07) is 0. The number of nitrogens with one attached hydrogen (secondary N) is 1. The predicted octanol–water partition coefficient (Wildman–Crippen LogP) is 1.32. The number of alkyl halides is 6. The van der Waals surface area contributed by atoms with Crippen molar-refractivity contribution in [2.45, 2.75) is 18.8 Å². The maximum absolute atomic E-state index is 12.0. The summed E-state index contributed by atoms with van der Waals surface area (Å²) in [5.41, 5.74) is 0. The largest absolute Gasteiger partial charge is 0.481 e. The first kappa shape index (κ1) is 15.5. The lowest BCUT2D eigenvalue weighted by atomic mass is 10.1. The fourth-order valence-electron chi connectivity index (χ4n) is 0.878. The molecule has 1 amide bonds. The molecule has 0 rings (SSSR count). The molecule has 0 saturated heterocycles. The number of aliphatic carboxylic acids is 1. The summed E-state index contributed by atoms with van der Waals surface area (Å²) in [6.45, 7) is -0.809. The zero-order chi connectivity index (χ0) is 13.9. The van der Waals surface area contributed by atoms with E-state index in [2.05, 4.69) is 0 Å². The molecule has 0 aromatic carbocycles. The Balaban J connectivity index is 4.63. The van der Waals surface area contributed by atoms with Crippen molar-refractivity contribution in [3.63, 3.8) is 0 Å². The highest BCUT2D eigenvalue weighted by molar-refractivity contribution is 5.80. The molecule has 0 fully saturated rings. The maximum Gasteiger partial charge on any atom is 0.409 e. The maximum atomic E-state index is 12.0. The highest BCUT2D eigenvalue weighted by Crippen LogP contribution is 2.39. The van der Waals surface area contributed by atoms with Gasteiger partial charge in [-0.05, 0) is 0 Å². The van der Waals surface area contributed by atoms with Crippen LogP contribution in [0.2, 0.25) is 0 Å². The van der Waals surface area contributed by atoms with Gasteiger partial charge in [0.15, 0.2) is 0 Å². The Morgan fingerprint density at radius 1 is 1.06 bits per heavy atom. The van der Waals surface area contributed by atoms with Crippen molar-refractivity contribution in [2.24, 2.45) is 5.92 Å². The number of rotatable bonds is 4.